The van der Waals surface area contributed by atoms with E-state index in [1.165, 1.54) is 0 Å². The predicted molar refractivity (Wildman–Crippen MR) is 146 cm³/mol. The Kier molecular flexibility index (Phi) is 5.69. The van der Waals surface area contributed by atoms with E-state index in [2.05, 4.69) is 59.7 Å². The van der Waals surface area contributed by atoms with Crippen LogP contribution in [0.4, 0.5) is 5.69 Å². The normalized spacial score (nSPS) is 11.4. The van der Waals surface area contributed by atoms with Crippen molar-refractivity contribution in [3.05, 3.63) is 79.5 Å². The van der Waals surface area contributed by atoms with Crippen LogP contribution in [0.5, 0.6) is 0 Å². The van der Waals surface area contributed by atoms with Gasteiger partial charge >= 0.3 is 0 Å². The highest BCUT2D eigenvalue weighted by Crippen LogP contribution is 2.34. The molecule has 6 rings (SSSR count). The van der Waals surface area contributed by atoms with Crippen LogP contribution in [-0.4, -0.2) is 36.0 Å². The summed E-state index contributed by atoms with van der Waals surface area (Å²) in [6, 6.07) is 16.2. The molecule has 1 amide bonds. The number of aromatic nitrogens is 6. The molecule has 1 aromatic carbocycles. The summed E-state index contributed by atoms with van der Waals surface area (Å²) < 4.78 is 0. The molecule has 8 heteroatoms. The third kappa shape index (κ3) is 4.45. The number of hydrogen-bond donors (Lipinski definition) is 3. The molecule has 0 saturated heterocycles. The van der Waals surface area contributed by atoms with E-state index in [0.717, 1.165) is 55.6 Å². The van der Waals surface area contributed by atoms with Crippen LogP contribution in [0.2, 0.25) is 0 Å². The summed E-state index contributed by atoms with van der Waals surface area (Å²) in [7, 11) is 0. The molecular formula is C29H25N7O. The highest BCUT2D eigenvalue weighted by atomic mass is 16.1. The van der Waals surface area contributed by atoms with Crippen molar-refractivity contribution in [3.8, 4) is 33.8 Å². The minimum absolute atomic E-state index is 0.0288. The second-order valence-corrected chi connectivity index (χ2v) is 9.49. The van der Waals surface area contributed by atoms with Gasteiger partial charge in [0.15, 0.2) is 0 Å². The molecule has 6 aromatic rings. The number of aromatic amines is 2. The molecule has 0 atom stereocenters. The van der Waals surface area contributed by atoms with E-state index in [1.54, 1.807) is 24.8 Å². The Morgan fingerprint density at radius 3 is 2.65 bits per heavy atom. The SMILES string of the molecule is CC(C)CC(=O)Nc1cncc(-c2cc3c(-c4cc5c(-c6cccnc6)cccc5[nH]4)n[nH]c3cn2)c1. The van der Waals surface area contributed by atoms with Gasteiger partial charge in [-0.2, -0.15) is 5.10 Å². The van der Waals surface area contributed by atoms with Crippen molar-refractivity contribution in [1.29, 1.82) is 0 Å². The minimum Gasteiger partial charge on any atom is -0.353 e. The molecule has 3 N–H and O–H groups in total. The zero-order valence-electron chi connectivity index (χ0n) is 20.5. The fourth-order valence-corrected chi connectivity index (χ4v) is 4.57. The minimum atomic E-state index is -0.0288. The standard InChI is InChI=1S/C29H25N7O/c1-17(2)9-28(37)33-20-10-19(14-31-15-20)25-12-23-27(16-32-25)35-36-29(23)26-11-22-21(6-3-7-24(22)34-26)18-5-4-8-30-13-18/h3-8,10-17,34H,9H2,1-2H3,(H,33,37)(H,35,36). The first-order chi connectivity index (χ1) is 18.0. The number of fused-ring (bicyclic) bond motifs is 2. The molecule has 0 aliphatic rings. The number of pyridine rings is 3. The maximum atomic E-state index is 12.2. The van der Waals surface area contributed by atoms with Crippen molar-refractivity contribution < 1.29 is 4.79 Å². The van der Waals surface area contributed by atoms with Crippen molar-refractivity contribution >= 4 is 33.4 Å². The summed E-state index contributed by atoms with van der Waals surface area (Å²) in [5.74, 6) is 0.253. The zero-order chi connectivity index (χ0) is 25.4. The third-order valence-electron chi connectivity index (χ3n) is 6.25. The number of carbonyl (C=O) groups is 1. The van der Waals surface area contributed by atoms with Gasteiger partial charge in [-0.05, 0) is 41.8 Å². The van der Waals surface area contributed by atoms with Crippen LogP contribution in [0, 0.1) is 5.92 Å². The molecule has 5 heterocycles. The van der Waals surface area contributed by atoms with Crippen LogP contribution in [0.25, 0.3) is 55.6 Å². The Morgan fingerprint density at radius 2 is 1.81 bits per heavy atom. The molecule has 0 saturated carbocycles. The van der Waals surface area contributed by atoms with Crippen molar-refractivity contribution in [1.82, 2.24) is 30.1 Å². The summed E-state index contributed by atoms with van der Waals surface area (Å²) in [5.41, 5.74) is 7.94. The average Bonchev–Trinajstić information content (AvgIpc) is 3.52. The number of nitrogens with zero attached hydrogens (tertiary/aromatic N) is 4. The second kappa shape index (κ2) is 9.31. The zero-order valence-corrected chi connectivity index (χ0v) is 20.5. The van der Waals surface area contributed by atoms with Gasteiger partial charge < -0.3 is 10.3 Å². The maximum absolute atomic E-state index is 12.2. The van der Waals surface area contributed by atoms with Crippen LogP contribution in [-0.2, 0) is 4.79 Å². The van der Waals surface area contributed by atoms with E-state index < -0.39 is 0 Å². The topological polar surface area (TPSA) is 112 Å². The monoisotopic (exact) mass is 487 g/mol. The van der Waals surface area contributed by atoms with E-state index in [-0.39, 0.29) is 11.8 Å². The predicted octanol–water partition coefficient (Wildman–Crippen LogP) is 6.21. The van der Waals surface area contributed by atoms with Gasteiger partial charge in [0.25, 0.3) is 0 Å². The first kappa shape index (κ1) is 22.6. The highest BCUT2D eigenvalue weighted by Gasteiger charge is 2.15. The fraction of sp³-hybridized carbons (Fsp3) is 0.138. The Labute approximate surface area is 213 Å². The lowest BCUT2D eigenvalue weighted by molar-refractivity contribution is -0.116. The number of amides is 1. The third-order valence-corrected chi connectivity index (χ3v) is 6.25. The number of H-pyrrole nitrogens is 2. The van der Waals surface area contributed by atoms with Crippen LogP contribution < -0.4 is 5.32 Å². The van der Waals surface area contributed by atoms with Gasteiger partial charge in [0, 0.05) is 52.4 Å². The lowest BCUT2D eigenvalue weighted by Gasteiger charge is -2.08. The van der Waals surface area contributed by atoms with Gasteiger partial charge in [0.1, 0.15) is 5.69 Å². The average molecular weight is 488 g/mol. The molecule has 0 aliphatic carbocycles. The first-order valence-electron chi connectivity index (χ1n) is 12.2. The van der Waals surface area contributed by atoms with E-state index in [1.807, 2.05) is 44.3 Å². The van der Waals surface area contributed by atoms with E-state index in [9.17, 15) is 4.79 Å². The summed E-state index contributed by atoms with van der Waals surface area (Å²) in [4.78, 5) is 29.0. The van der Waals surface area contributed by atoms with Crippen molar-refractivity contribution in [2.45, 2.75) is 20.3 Å². The molecule has 8 nitrogen and oxygen atoms in total. The van der Waals surface area contributed by atoms with Gasteiger partial charge in [-0.25, -0.2) is 0 Å². The Morgan fingerprint density at radius 1 is 0.919 bits per heavy atom. The summed E-state index contributed by atoms with van der Waals surface area (Å²) >= 11 is 0. The van der Waals surface area contributed by atoms with Crippen LogP contribution in [0.3, 0.4) is 0 Å². The smallest absolute Gasteiger partial charge is 0.224 e. The van der Waals surface area contributed by atoms with Crippen molar-refractivity contribution in [2.75, 3.05) is 5.32 Å². The highest BCUT2D eigenvalue weighted by molar-refractivity contribution is 6.01. The van der Waals surface area contributed by atoms with Crippen LogP contribution >= 0.6 is 0 Å². The van der Waals surface area contributed by atoms with E-state index in [0.29, 0.717) is 12.1 Å². The number of benzene rings is 1. The molecule has 5 aromatic heterocycles. The lowest BCUT2D eigenvalue weighted by Crippen LogP contribution is -2.13. The number of rotatable bonds is 6. The summed E-state index contributed by atoms with van der Waals surface area (Å²) in [5, 5.41) is 12.7. The number of carbonyl (C=O) groups excluding carboxylic acids is 1. The molecule has 37 heavy (non-hydrogen) atoms. The largest absolute Gasteiger partial charge is 0.353 e. The van der Waals surface area contributed by atoms with Crippen LogP contribution in [0.1, 0.15) is 20.3 Å². The Balaban J connectivity index is 1.38. The number of anilines is 1. The molecular weight excluding hydrogens is 462 g/mol. The van der Waals surface area contributed by atoms with Crippen molar-refractivity contribution in [2.24, 2.45) is 5.92 Å². The van der Waals surface area contributed by atoms with E-state index >= 15 is 0 Å². The van der Waals surface area contributed by atoms with Crippen LogP contribution in [0.15, 0.2) is 79.5 Å². The second-order valence-electron chi connectivity index (χ2n) is 9.49. The summed E-state index contributed by atoms with van der Waals surface area (Å²) in [6.45, 7) is 4.03. The molecule has 0 unspecified atom stereocenters. The quantitative estimate of drug-likeness (QED) is 0.258. The van der Waals surface area contributed by atoms with Gasteiger partial charge in [0.2, 0.25) is 5.91 Å². The van der Waals surface area contributed by atoms with Gasteiger partial charge in [-0.1, -0.05) is 32.0 Å². The molecule has 0 fully saturated rings. The fourth-order valence-electron chi connectivity index (χ4n) is 4.57. The Bertz CT molecular complexity index is 1730. The van der Waals surface area contributed by atoms with Crippen molar-refractivity contribution in [3.63, 3.8) is 0 Å². The lowest BCUT2D eigenvalue weighted by atomic mass is 10.0. The first-order valence-corrected chi connectivity index (χ1v) is 12.2. The molecule has 0 aliphatic heterocycles. The Hall–Kier alpha value is -4.85. The van der Waals surface area contributed by atoms with Gasteiger partial charge in [-0.3, -0.25) is 24.8 Å². The molecule has 0 radical (unpaired) electrons. The number of nitrogens with one attached hydrogen (secondary N) is 3. The van der Waals surface area contributed by atoms with Gasteiger partial charge in [0.05, 0.1) is 35.0 Å². The molecule has 182 valence electrons. The maximum Gasteiger partial charge on any atom is 0.224 e. The summed E-state index contributed by atoms with van der Waals surface area (Å²) in [6.07, 6.45) is 9.27. The molecule has 0 spiro atoms. The number of hydrogen-bond acceptors (Lipinski definition) is 5. The molecule has 0 bridgehead atoms. The van der Waals surface area contributed by atoms with E-state index in [4.69, 9.17) is 0 Å². The van der Waals surface area contributed by atoms with Gasteiger partial charge in [-0.15, -0.1) is 0 Å².